The SMILES string of the molecule is O=C(NC1(C(=O)O)CCCC1)c1ccc2cc(Br)ccc2c1. The van der Waals surface area contributed by atoms with Crippen molar-refractivity contribution >= 4 is 38.6 Å². The molecule has 0 atom stereocenters. The smallest absolute Gasteiger partial charge is 0.329 e. The molecule has 1 aliphatic rings. The lowest BCUT2D eigenvalue weighted by Gasteiger charge is -2.25. The molecular formula is C17H16BrNO3. The Morgan fingerprint density at radius 3 is 2.36 bits per heavy atom. The number of aliphatic carboxylic acids is 1. The lowest BCUT2D eigenvalue weighted by atomic mass is 9.97. The fourth-order valence-electron chi connectivity index (χ4n) is 3.02. The molecule has 2 aromatic carbocycles. The Morgan fingerprint density at radius 1 is 1.05 bits per heavy atom. The number of carbonyl (C=O) groups is 2. The molecule has 1 saturated carbocycles. The Kier molecular flexibility index (Phi) is 3.91. The highest BCUT2D eigenvalue weighted by molar-refractivity contribution is 9.10. The Bertz CT molecular complexity index is 751. The molecule has 0 aliphatic heterocycles. The number of benzene rings is 2. The molecule has 22 heavy (non-hydrogen) atoms. The largest absolute Gasteiger partial charge is 0.480 e. The summed E-state index contributed by atoms with van der Waals surface area (Å²) in [6, 6.07) is 11.2. The Hall–Kier alpha value is -1.88. The normalized spacial score (nSPS) is 16.6. The van der Waals surface area contributed by atoms with Crippen LogP contribution in [0.1, 0.15) is 36.0 Å². The number of fused-ring (bicyclic) bond motifs is 1. The van der Waals surface area contributed by atoms with Crippen molar-refractivity contribution in [1.29, 1.82) is 0 Å². The van der Waals surface area contributed by atoms with E-state index in [9.17, 15) is 14.7 Å². The maximum absolute atomic E-state index is 12.4. The molecule has 0 saturated heterocycles. The Morgan fingerprint density at radius 2 is 1.68 bits per heavy atom. The summed E-state index contributed by atoms with van der Waals surface area (Å²) >= 11 is 3.42. The van der Waals surface area contributed by atoms with Gasteiger partial charge in [0.1, 0.15) is 5.54 Å². The zero-order chi connectivity index (χ0) is 15.7. The highest BCUT2D eigenvalue weighted by atomic mass is 79.9. The second kappa shape index (κ2) is 5.72. The van der Waals surface area contributed by atoms with Crippen LogP contribution < -0.4 is 5.32 Å². The first kappa shape index (κ1) is 15.0. The van der Waals surface area contributed by atoms with Crippen LogP contribution >= 0.6 is 15.9 Å². The molecule has 3 rings (SSSR count). The van der Waals surface area contributed by atoms with Crippen LogP contribution in [-0.4, -0.2) is 22.5 Å². The minimum absolute atomic E-state index is 0.325. The molecule has 1 fully saturated rings. The van der Waals surface area contributed by atoms with Crippen LogP contribution in [0.15, 0.2) is 40.9 Å². The van der Waals surface area contributed by atoms with E-state index in [0.717, 1.165) is 28.1 Å². The van der Waals surface area contributed by atoms with Gasteiger partial charge in [-0.2, -0.15) is 0 Å². The van der Waals surface area contributed by atoms with E-state index in [1.165, 1.54) is 0 Å². The van der Waals surface area contributed by atoms with Gasteiger partial charge in [0.05, 0.1) is 0 Å². The summed E-state index contributed by atoms with van der Waals surface area (Å²) in [5.41, 5.74) is -0.617. The maximum atomic E-state index is 12.4. The quantitative estimate of drug-likeness (QED) is 0.875. The number of carbonyl (C=O) groups excluding carboxylic acids is 1. The molecule has 0 unspecified atom stereocenters. The lowest BCUT2D eigenvalue weighted by Crippen LogP contribution is -2.52. The average Bonchev–Trinajstić information content (AvgIpc) is 2.96. The van der Waals surface area contributed by atoms with Gasteiger partial charge in [-0.25, -0.2) is 4.79 Å². The van der Waals surface area contributed by atoms with Crippen molar-refractivity contribution < 1.29 is 14.7 Å². The van der Waals surface area contributed by atoms with Crippen LogP contribution in [0, 0.1) is 0 Å². The molecule has 0 bridgehead atoms. The van der Waals surface area contributed by atoms with Crippen LogP contribution in [0.5, 0.6) is 0 Å². The van der Waals surface area contributed by atoms with Gasteiger partial charge >= 0.3 is 5.97 Å². The molecule has 0 aromatic heterocycles. The molecular weight excluding hydrogens is 346 g/mol. The van der Waals surface area contributed by atoms with Crippen molar-refractivity contribution in [3.63, 3.8) is 0 Å². The monoisotopic (exact) mass is 361 g/mol. The molecule has 1 amide bonds. The highest BCUT2D eigenvalue weighted by Crippen LogP contribution is 2.30. The van der Waals surface area contributed by atoms with Gasteiger partial charge in [0.15, 0.2) is 0 Å². The van der Waals surface area contributed by atoms with Crippen LogP contribution in [0.25, 0.3) is 10.8 Å². The fourth-order valence-corrected chi connectivity index (χ4v) is 3.40. The summed E-state index contributed by atoms with van der Waals surface area (Å²) in [7, 11) is 0. The summed E-state index contributed by atoms with van der Waals surface area (Å²) in [4.78, 5) is 24.0. The first-order valence-corrected chi connectivity index (χ1v) is 8.05. The van der Waals surface area contributed by atoms with Gasteiger partial charge in [0, 0.05) is 10.0 Å². The van der Waals surface area contributed by atoms with E-state index in [2.05, 4.69) is 21.2 Å². The van der Waals surface area contributed by atoms with E-state index in [1.54, 1.807) is 12.1 Å². The molecule has 0 radical (unpaired) electrons. The number of amides is 1. The van der Waals surface area contributed by atoms with Crippen molar-refractivity contribution in [2.75, 3.05) is 0 Å². The second-order valence-corrected chi connectivity index (χ2v) is 6.67. The van der Waals surface area contributed by atoms with Crippen molar-refractivity contribution in [2.45, 2.75) is 31.2 Å². The first-order chi connectivity index (χ1) is 10.5. The van der Waals surface area contributed by atoms with Crippen molar-refractivity contribution in [3.8, 4) is 0 Å². The maximum Gasteiger partial charge on any atom is 0.329 e. The number of hydrogen-bond acceptors (Lipinski definition) is 2. The zero-order valence-corrected chi connectivity index (χ0v) is 13.5. The average molecular weight is 362 g/mol. The highest BCUT2D eigenvalue weighted by Gasteiger charge is 2.42. The molecule has 5 heteroatoms. The van der Waals surface area contributed by atoms with Crippen molar-refractivity contribution in [1.82, 2.24) is 5.32 Å². The van der Waals surface area contributed by atoms with Gasteiger partial charge in [-0.3, -0.25) is 4.79 Å². The molecule has 114 valence electrons. The summed E-state index contributed by atoms with van der Waals surface area (Å²) in [5, 5.41) is 14.2. The lowest BCUT2D eigenvalue weighted by molar-refractivity contribution is -0.144. The minimum Gasteiger partial charge on any atom is -0.480 e. The van der Waals surface area contributed by atoms with E-state index in [0.29, 0.717) is 18.4 Å². The Balaban J connectivity index is 1.88. The summed E-state index contributed by atoms with van der Waals surface area (Å²) in [6.45, 7) is 0. The van der Waals surface area contributed by atoms with Gasteiger partial charge in [-0.05, 0) is 47.9 Å². The van der Waals surface area contributed by atoms with Gasteiger partial charge in [0.25, 0.3) is 5.91 Å². The standard InChI is InChI=1S/C17H16BrNO3/c18-14-6-5-11-9-13(4-3-12(11)10-14)15(20)19-17(16(21)22)7-1-2-8-17/h3-6,9-10H,1-2,7-8H2,(H,19,20)(H,21,22). The van der Waals surface area contributed by atoms with Crippen LogP contribution in [0.4, 0.5) is 0 Å². The zero-order valence-electron chi connectivity index (χ0n) is 11.9. The molecule has 4 nitrogen and oxygen atoms in total. The van der Waals surface area contributed by atoms with E-state index in [4.69, 9.17) is 0 Å². The topological polar surface area (TPSA) is 66.4 Å². The van der Waals surface area contributed by atoms with E-state index in [-0.39, 0.29) is 5.91 Å². The molecule has 0 heterocycles. The number of carboxylic acids is 1. The third kappa shape index (κ3) is 2.73. The minimum atomic E-state index is -1.11. The summed E-state index contributed by atoms with van der Waals surface area (Å²) < 4.78 is 0.980. The third-order valence-electron chi connectivity index (χ3n) is 4.28. The predicted molar refractivity (Wildman–Crippen MR) is 87.9 cm³/mol. The molecule has 1 aliphatic carbocycles. The second-order valence-electron chi connectivity index (χ2n) is 5.75. The van der Waals surface area contributed by atoms with Gasteiger partial charge < -0.3 is 10.4 Å². The van der Waals surface area contributed by atoms with Gasteiger partial charge in [-0.1, -0.05) is 40.9 Å². The number of carboxylic acid groups (broad SMARTS) is 1. The number of halogens is 1. The predicted octanol–water partition coefficient (Wildman–Crippen LogP) is 3.73. The summed E-state index contributed by atoms with van der Waals surface area (Å²) in [6.07, 6.45) is 2.65. The van der Waals surface area contributed by atoms with E-state index in [1.807, 2.05) is 24.3 Å². The summed E-state index contributed by atoms with van der Waals surface area (Å²) in [5.74, 6) is -1.27. The number of hydrogen-bond donors (Lipinski definition) is 2. The van der Waals surface area contributed by atoms with Gasteiger partial charge in [0.2, 0.25) is 0 Å². The van der Waals surface area contributed by atoms with E-state index >= 15 is 0 Å². The third-order valence-corrected chi connectivity index (χ3v) is 4.78. The van der Waals surface area contributed by atoms with Gasteiger partial charge in [-0.15, -0.1) is 0 Å². The van der Waals surface area contributed by atoms with Crippen LogP contribution in [0.2, 0.25) is 0 Å². The first-order valence-electron chi connectivity index (χ1n) is 7.25. The van der Waals surface area contributed by atoms with Crippen molar-refractivity contribution in [2.24, 2.45) is 0 Å². The van der Waals surface area contributed by atoms with Crippen LogP contribution in [0.3, 0.4) is 0 Å². The Labute approximate surface area is 136 Å². The number of nitrogens with one attached hydrogen (secondary N) is 1. The van der Waals surface area contributed by atoms with Crippen molar-refractivity contribution in [3.05, 3.63) is 46.4 Å². The fraction of sp³-hybridized carbons (Fsp3) is 0.294. The number of rotatable bonds is 3. The molecule has 0 spiro atoms. The molecule has 2 N–H and O–H groups in total. The molecule has 2 aromatic rings. The van der Waals surface area contributed by atoms with Crippen LogP contribution in [-0.2, 0) is 4.79 Å². The van der Waals surface area contributed by atoms with E-state index < -0.39 is 11.5 Å².